The van der Waals surface area contributed by atoms with Crippen molar-refractivity contribution in [1.29, 1.82) is 0 Å². The van der Waals surface area contributed by atoms with E-state index in [0.717, 1.165) is 19.6 Å². The van der Waals surface area contributed by atoms with E-state index in [1.54, 1.807) is 0 Å². The first-order valence-corrected chi connectivity index (χ1v) is 6.21. The van der Waals surface area contributed by atoms with Crippen molar-refractivity contribution in [2.75, 3.05) is 26.7 Å². The molecule has 0 aromatic carbocycles. The smallest absolute Gasteiger partial charge is 0.0702 e. The van der Waals surface area contributed by atoms with Gasteiger partial charge in [-0.25, -0.2) is 0 Å². The maximum Gasteiger partial charge on any atom is 0.0702 e. The zero-order valence-electron chi connectivity index (χ0n) is 10.7. The molecule has 2 heterocycles. The Kier molecular flexibility index (Phi) is 4.15. The lowest BCUT2D eigenvalue weighted by atomic mass is 10.1. The topological polar surface area (TPSA) is 56.3 Å². The van der Waals surface area contributed by atoms with Crippen molar-refractivity contribution >= 4 is 0 Å². The molecule has 0 saturated carbocycles. The molecule has 1 aliphatic rings. The van der Waals surface area contributed by atoms with Crippen LogP contribution in [0.1, 0.15) is 24.4 Å². The third-order valence-electron chi connectivity index (χ3n) is 3.38. The van der Waals surface area contributed by atoms with Gasteiger partial charge in [-0.3, -0.25) is 9.58 Å². The molecule has 1 aliphatic heterocycles. The highest BCUT2D eigenvalue weighted by Crippen LogP contribution is 2.20. The Morgan fingerprint density at radius 1 is 1.71 bits per heavy atom. The van der Waals surface area contributed by atoms with Gasteiger partial charge in [-0.05, 0) is 19.9 Å². The molecule has 0 bridgehead atoms. The highest BCUT2D eigenvalue weighted by molar-refractivity contribution is 5.11. The molecule has 2 atom stereocenters. The summed E-state index contributed by atoms with van der Waals surface area (Å²) in [6.45, 7) is 2.45. The van der Waals surface area contributed by atoms with Gasteiger partial charge in [0, 0.05) is 44.5 Å². The molecule has 1 aromatic rings. The first-order chi connectivity index (χ1) is 8.20. The number of hydrogen-bond donors (Lipinski definition) is 1. The molecular formula is C12H22N4O. The fourth-order valence-electron chi connectivity index (χ4n) is 2.42. The summed E-state index contributed by atoms with van der Waals surface area (Å²) in [5, 5.41) is 4.20. The second kappa shape index (κ2) is 5.62. The third kappa shape index (κ3) is 3.06. The zero-order valence-corrected chi connectivity index (χ0v) is 10.7. The number of likely N-dealkylation sites (N-methyl/N-ethyl adjacent to an activating group) is 1. The molecule has 0 aliphatic carbocycles. The summed E-state index contributed by atoms with van der Waals surface area (Å²) in [4.78, 5) is 2.27. The van der Waals surface area contributed by atoms with Crippen LogP contribution in [0.2, 0.25) is 0 Å². The number of nitrogens with zero attached hydrogens (tertiary/aromatic N) is 3. The lowest BCUT2D eigenvalue weighted by Gasteiger charge is -2.28. The zero-order chi connectivity index (χ0) is 12.3. The number of nitrogens with two attached hydrogens (primary N) is 1. The maximum atomic E-state index is 5.87. The number of aromatic nitrogens is 2. The first-order valence-electron chi connectivity index (χ1n) is 6.21. The summed E-state index contributed by atoms with van der Waals surface area (Å²) in [7, 11) is 4.03. The summed E-state index contributed by atoms with van der Waals surface area (Å²) >= 11 is 0. The van der Waals surface area contributed by atoms with Crippen LogP contribution >= 0.6 is 0 Å². The van der Waals surface area contributed by atoms with E-state index >= 15 is 0 Å². The maximum absolute atomic E-state index is 5.87. The van der Waals surface area contributed by atoms with E-state index in [0.29, 0.717) is 12.6 Å². The van der Waals surface area contributed by atoms with Crippen molar-refractivity contribution in [3.8, 4) is 0 Å². The van der Waals surface area contributed by atoms with E-state index in [-0.39, 0.29) is 6.04 Å². The van der Waals surface area contributed by atoms with Crippen LogP contribution in [-0.2, 0) is 11.8 Å². The quantitative estimate of drug-likeness (QED) is 0.813. The van der Waals surface area contributed by atoms with Gasteiger partial charge in [0.15, 0.2) is 0 Å². The van der Waals surface area contributed by atoms with Crippen molar-refractivity contribution in [3.05, 3.63) is 18.0 Å². The minimum absolute atomic E-state index is 0.230. The molecule has 5 heteroatoms. The lowest BCUT2D eigenvalue weighted by Crippen LogP contribution is -2.35. The largest absolute Gasteiger partial charge is 0.377 e. The summed E-state index contributed by atoms with van der Waals surface area (Å²) in [6, 6.07) is 0.230. The van der Waals surface area contributed by atoms with E-state index < -0.39 is 0 Å². The van der Waals surface area contributed by atoms with E-state index in [1.165, 1.54) is 12.0 Å². The van der Waals surface area contributed by atoms with Gasteiger partial charge in [0.2, 0.25) is 0 Å². The Hall–Kier alpha value is -0.910. The van der Waals surface area contributed by atoms with Gasteiger partial charge in [-0.1, -0.05) is 0 Å². The molecule has 1 aromatic heterocycles. The monoisotopic (exact) mass is 238 g/mol. The Balaban J connectivity index is 1.97. The van der Waals surface area contributed by atoms with Gasteiger partial charge < -0.3 is 10.5 Å². The highest BCUT2D eigenvalue weighted by Gasteiger charge is 2.22. The van der Waals surface area contributed by atoms with E-state index in [1.807, 2.05) is 24.1 Å². The Bertz CT molecular complexity index is 346. The predicted octanol–water partition coefficient (Wildman–Crippen LogP) is 0.531. The SMILES string of the molecule is CN(CC1CCCO1)C(CN)c1cnn(C)c1. The molecule has 5 nitrogen and oxygen atoms in total. The van der Waals surface area contributed by atoms with Crippen molar-refractivity contribution in [2.24, 2.45) is 12.8 Å². The van der Waals surface area contributed by atoms with Crippen molar-refractivity contribution in [1.82, 2.24) is 14.7 Å². The van der Waals surface area contributed by atoms with Crippen LogP contribution in [0.5, 0.6) is 0 Å². The second-order valence-electron chi connectivity index (χ2n) is 4.77. The molecule has 2 N–H and O–H groups in total. The molecule has 2 rings (SSSR count). The third-order valence-corrected chi connectivity index (χ3v) is 3.38. The van der Waals surface area contributed by atoms with Gasteiger partial charge in [-0.2, -0.15) is 5.10 Å². The fourth-order valence-corrected chi connectivity index (χ4v) is 2.42. The van der Waals surface area contributed by atoms with Gasteiger partial charge in [0.1, 0.15) is 0 Å². The summed E-state index contributed by atoms with van der Waals surface area (Å²) < 4.78 is 7.47. The van der Waals surface area contributed by atoms with E-state index in [2.05, 4.69) is 17.0 Å². The first kappa shape index (κ1) is 12.5. The van der Waals surface area contributed by atoms with Crippen LogP contribution in [0.3, 0.4) is 0 Å². The number of hydrogen-bond acceptors (Lipinski definition) is 4. The van der Waals surface area contributed by atoms with Crippen molar-refractivity contribution in [3.63, 3.8) is 0 Å². The van der Waals surface area contributed by atoms with E-state index in [4.69, 9.17) is 10.5 Å². The molecule has 2 unspecified atom stereocenters. The summed E-state index contributed by atoms with van der Waals surface area (Å²) in [5.41, 5.74) is 7.05. The molecule has 1 saturated heterocycles. The molecule has 0 radical (unpaired) electrons. The van der Waals surface area contributed by atoms with Crippen LogP contribution < -0.4 is 5.73 Å². The summed E-state index contributed by atoms with van der Waals surface area (Å²) in [6.07, 6.45) is 6.63. The van der Waals surface area contributed by atoms with Crippen LogP contribution in [0, 0.1) is 0 Å². The molecule has 96 valence electrons. The highest BCUT2D eigenvalue weighted by atomic mass is 16.5. The number of aryl methyl sites for hydroxylation is 1. The minimum Gasteiger partial charge on any atom is -0.377 e. The molecule has 0 spiro atoms. The van der Waals surface area contributed by atoms with Crippen LogP contribution in [0.25, 0.3) is 0 Å². The van der Waals surface area contributed by atoms with Crippen LogP contribution in [0.15, 0.2) is 12.4 Å². The molecule has 0 amide bonds. The van der Waals surface area contributed by atoms with Gasteiger partial charge in [0.25, 0.3) is 0 Å². The number of rotatable bonds is 5. The molecule has 17 heavy (non-hydrogen) atoms. The number of ether oxygens (including phenoxy) is 1. The van der Waals surface area contributed by atoms with Gasteiger partial charge >= 0.3 is 0 Å². The fraction of sp³-hybridized carbons (Fsp3) is 0.750. The van der Waals surface area contributed by atoms with Gasteiger partial charge in [0.05, 0.1) is 12.3 Å². The summed E-state index contributed by atoms with van der Waals surface area (Å²) in [5.74, 6) is 0. The lowest BCUT2D eigenvalue weighted by molar-refractivity contribution is 0.0689. The second-order valence-corrected chi connectivity index (χ2v) is 4.77. The van der Waals surface area contributed by atoms with Crippen LogP contribution in [0.4, 0.5) is 0 Å². The molecule has 1 fully saturated rings. The standard InChI is InChI=1S/C12H22N4O/c1-15(9-11-4-3-5-17-11)12(6-13)10-7-14-16(2)8-10/h7-8,11-12H,3-6,9,13H2,1-2H3. The Labute approximate surface area is 103 Å². The van der Waals surface area contributed by atoms with Crippen LogP contribution in [-0.4, -0.2) is 47.5 Å². The van der Waals surface area contributed by atoms with Crippen molar-refractivity contribution < 1.29 is 4.74 Å². The predicted molar refractivity (Wildman–Crippen MR) is 66.6 cm³/mol. The Morgan fingerprint density at radius 2 is 2.53 bits per heavy atom. The average Bonchev–Trinajstić information content (AvgIpc) is 2.91. The molecular weight excluding hydrogens is 216 g/mol. The van der Waals surface area contributed by atoms with E-state index in [9.17, 15) is 0 Å². The normalized spacial score (nSPS) is 22.2. The minimum atomic E-state index is 0.230. The Morgan fingerprint density at radius 3 is 3.06 bits per heavy atom. The average molecular weight is 238 g/mol. The van der Waals surface area contributed by atoms with Crippen molar-refractivity contribution in [2.45, 2.75) is 25.0 Å². The van der Waals surface area contributed by atoms with Gasteiger partial charge in [-0.15, -0.1) is 0 Å².